The summed E-state index contributed by atoms with van der Waals surface area (Å²) in [6, 6.07) is 2.94. The number of hydrogen-bond acceptors (Lipinski definition) is 8. The molecule has 2 amide bonds. The Kier molecular flexibility index (Phi) is 12.4. The van der Waals surface area contributed by atoms with Gasteiger partial charge in [-0.3, -0.25) is 14.4 Å². The van der Waals surface area contributed by atoms with E-state index in [9.17, 15) is 19.5 Å². The molecule has 0 unspecified atom stereocenters. The number of ether oxygens (including phenoxy) is 2. The van der Waals surface area contributed by atoms with Crippen LogP contribution < -0.4 is 16.4 Å². The number of aryl methyl sites for hydroxylation is 1. The van der Waals surface area contributed by atoms with Crippen LogP contribution in [0.25, 0.3) is 0 Å². The number of thioether (sulfide) groups is 1. The van der Waals surface area contributed by atoms with Crippen LogP contribution in [0.5, 0.6) is 0 Å². The second kappa shape index (κ2) is 15.7. The highest BCUT2D eigenvalue weighted by Gasteiger charge is 2.29. The third kappa shape index (κ3) is 9.71. The first-order valence-corrected chi connectivity index (χ1v) is 14.8. The molecule has 222 valence electrons. The van der Waals surface area contributed by atoms with E-state index in [1.54, 1.807) is 32.3 Å². The SMILES string of the molecule is CO[C@H]1/C=C/C=C/C=C/C[C@H](OC(=O)[C@@H](C)N)[C@H](C)[C@@H](O)/C(C)=C\CCc2cc(cc3c2SCC(=O)N3)NC(=O)C1. The van der Waals surface area contributed by atoms with Crippen molar-refractivity contribution in [1.29, 1.82) is 0 Å². The van der Waals surface area contributed by atoms with Gasteiger partial charge in [0.15, 0.2) is 0 Å². The van der Waals surface area contributed by atoms with Crippen LogP contribution in [0.15, 0.2) is 65.1 Å². The zero-order valence-corrected chi connectivity index (χ0v) is 24.9. The summed E-state index contributed by atoms with van der Waals surface area (Å²) in [7, 11) is 1.55. The molecule has 2 heterocycles. The molecule has 0 aromatic heterocycles. The Labute approximate surface area is 246 Å². The van der Waals surface area contributed by atoms with Crippen LogP contribution in [0, 0.1) is 5.92 Å². The number of allylic oxidation sites excluding steroid dienone is 5. The van der Waals surface area contributed by atoms with Crippen LogP contribution in [-0.4, -0.2) is 60.1 Å². The first-order valence-electron chi connectivity index (χ1n) is 13.8. The minimum atomic E-state index is -0.832. The Hall–Kier alpha value is -3.18. The molecule has 3 rings (SSSR count). The number of aliphatic hydroxyl groups is 1. The molecule has 0 radical (unpaired) electrons. The third-order valence-electron chi connectivity index (χ3n) is 6.99. The Bertz CT molecular complexity index is 1220. The first kappa shape index (κ1) is 32.3. The zero-order chi connectivity index (χ0) is 29.9. The average Bonchev–Trinajstić information content (AvgIpc) is 2.93. The summed E-state index contributed by atoms with van der Waals surface area (Å²) in [5, 5.41) is 17.0. The van der Waals surface area contributed by atoms with Crippen molar-refractivity contribution in [2.45, 2.75) is 75.7 Å². The molecule has 0 spiro atoms. The maximum atomic E-state index is 12.8. The van der Waals surface area contributed by atoms with Gasteiger partial charge in [0, 0.05) is 30.0 Å². The molecule has 2 aliphatic rings. The monoisotopic (exact) mass is 583 g/mol. The molecule has 0 saturated carbocycles. The van der Waals surface area contributed by atoms with E-state index in [-0.39, 0.29) is 24.2 Å². The largest absolute Gasteiger partial charge is 0.460 e. The van der Waals surface area contributed by atoms with Gasteiger partial charge in [0.2, 0.25) is 11.8 Å². The number of nitrogens with two attached hydrogens (primary N) is 1. The smallest absolute Gasteiger partial charge is 0.322 e. The number of amides is 2. The van der Waals surface area contributed by atoms with Crippen LogP contribution in [0.1, 0.15) is 45.6 Å². The second-order valence-electron chi connectivity index (χ2n) is 10.4. The molecule has 5 N–H and O–H groups in total. The van der Waals surface area contributed by atoms with Crippen LogP contribution in [0.3, 0.4) is 0 Å². The van der Waals surface area contributed by atoms with Crippen molar-refractivity contribution >= 4 is 40.9 Å². The van der Waals surface area contributed by atoms with E-state index in [1.807, 2.05) is 50.3 Å². The third-order valence-corrected chi connectivity index (χ3v) is 8.17. The van der Waals surface area contributed by atoms with Crippen molar-refractivity contribution in [2.24, 2.45) is 11.7 Å². The standard InChI is InChI=1S/C31H41N3O6S/c1-19-11-10-12-22-15-23(16-25-30(22)41-18-28(36)34-25)33-27(35)17-24(39-4)13-8-6-5-7-9-14-26(20(2)29(19)37)40-31(38)21(3)32/h5-9,11,13,15-16,20-21,24,26,29,37H,10,12,14,17-18,32H2,1-4H3,(H,33,35)(H,34,36)/b6-5+,9-7+,13-8+,19-11-/t20-,21+,24-,26-,29-/m0/s1. The van der Waals surface area contributed by atoms with Gasteiger partial charge in [0.05, 0.1) is 30.1 Å². The lowest BCUT2D eigenvalue weighted by Crippen LogP contribution is -2.38. The Balaban J connectivity index is 1.93. The molecule has 10 heteroatoms. The van der Waals surface area contributed by atoms with Crippen LogP contribution in [-0.2, 0) is 30.3 Å². The number of benzene rings is 1. The van der Waals surface area contributed by atoms with E-state index in [0.29, 0.717) is 36.4 Å². The average molecular weight is 584 g/mol. The molecule has 1 aromatic carbocycles. The molecule has 2 bridgehead atoms. The lowest BCUT2D eigenvalue weighted by atomic mass is 9.90. The lowest BCUT2D eigenvalue weighted by Gasteiger charge is -2.28. The number of hydrogen-bond donors (Lipinski definition) is 4. The summed E-state index contributed by atoms with van der Waals surface area (Å²) < 4.78 is 11.1. The molecule has 9 nitrogen and oxygen atoms in total. The second-order valence-corrected chi connectivity index (χ2v) is 11.3. The molecular weight excluding hydrogens is 542 g/mol. The highest BCUT2D eigenvalue weighted by atomic mass is 32.2. The molecule has 0 aliphatic carbocycles. The van der Waals surface area contributed by atoms with Gasteiger partial charge < -0.3 is 30.9 Å². The topological polar surface area (TPSA) is 140 Å². The van der Waals surface area contributed by atoms with E-state index in [0.717, 1.165) is 16.0 Å². The van der Waals surface area contributed by atoms with Crippen molar-refractivity contribution in [3.05, 3.63) is 65.8 Å². The number of anilines is 2. The molecule has 41 heavy (non-hydrogen) atoms. The predicted octanol–water partition coefficient (Wildman–Crippen LogP) is 4.28. The summed E-state index contributed by atoms with van der Waals surface area (Å²) in [6.07, 6.45) is 12.9. The molecule has 2 aliphatic heterocycles. The van der Waals surface area contributed by atoms with Crippen molar-refractivity contribution in [3.63, 3.8) is 0 Å². The Morgan fingerprint density at radius 1 is 1.15 bits per heavy atom. The van der Waals surface area contributed by atoms with E-state index < -0.39 is 30.3 Å². The van der Waals surface area contributed by atoms with Crippen LogP contribution in [0.2, 0.25) is 0 Å². The van der Waals surface area contributed by atoms with Gasteiger partial charge in [-0.2, -0.15) is 0 Å². The van der Waals surface area contributed by atoms with Crippen LogP contribution >= 0.6 is 11.8 Å². The number of nitrogens with one attached hydrogen (secondary N) is 2. The van der Waals surface area contributed by atoms with Gasteiger partial charge in [0.25, 0.3) is 0 Å². The Morgan fingerprint density at radius 3 is 2.63 bits per heavy atom. The minimum absolute atomic E-state index is 0.0893. The normalized spacial score (nSPS) is 28.8. The Morgan fingerprint density at radius 2 is 1.90 bits per heavy atom. The maximum Gasteiger partial charge on any atom is 0.322 e. The number of fused-ring (bicyclic) bond motifs is 4. The molecule has 0 saturated heterocycles. The van der Waals surface area contributed by atoms with Crippen LogP contribution in [0.4, 0.5) is 11.4 Å². The van der Waals surface area contributed by atoms with E-state index in [2.05, 4.69) is 10.6 Å². The predicted molar refractivity (Wildman–Crippen MR) is 163 cm³/mol. The molecular formula is C31H41N3O6S. The quantitative estimate of drug-likeness (QED) is 0.305. The summed E-state index contributed by atoms with van der Waals surface area (Å²) in [4.78, 5) is 38.2. The number of aliphatic hydroxyl groups excluding tert-OH is 1. The van der Waals surface area contributed by atoms with Gasteiger partial charge in [-0.05, 0) is 50.0 Å². The number of rotatable bonds is 3. The van der Waals surface area contributed by atoms with E-state index in [1.165, 1.54) is 11.8 Å². The first-order chi connectivity index (χ1) is 19.6. The molecule has 0 fully saturated rings. The zero-order valence-electron chi connectivity index (χ0n) is 24.1. The fraction of sp³-hybridized carbons (Fsp3) is 0.452. The van der Waals surface area contributed by atoms with Crippen molar-refractivity contribution in [1.82, 2.24) is 0 Å². The van der Waals surface area contributed by atoms with Gasteiger partial charge >= 0.3 is 5.97 Å². The van der Waals surface area contributed by atoms with E-state index >= 15 is 0 Å². The maximum absolute atomic E-state index is 12.8. The summed E-state index contributed by atoms with van der Waals surface area (Å²) in [5.41, 5.74) is 8.75. The highest BCUT2D eigenvalue weighted by molar-refractivity contribution is 8.00. The van der Waals surface area contributed by atoms with Crippen molar-refractivity contribution in [3.8, 4) is 0 Å². The number of methoxy groups -OCH3 is 1. The fourth-order valence-corrected chi connectivity index (χ4v) is 5.55. The summed E-state index contributed by atoms with van der Waals surface area (Å²) >= 11 is 1.47. The number of esters is 1. The number of carbonyl (C=O) groups excluding carboxylic acids is 3. The summed E-state index contributed by atoms with van der Waals surface area (Å²) in [6.45, 7) is 5.29. The van der Waals surface area contributed by atoms with Gasteiger partial charge in [-0.1, -0.05) is 49.5 Å². The van der Waals surface area contributed by atoms with Crippen molar-refractivity contribution in [2.75, 3.05) is 23.5 Å². The van der Waals surface area contributed by atoms with Gasteiger partial charge in [0.1, 0.15) is 12.1 Å². The molecule has 5 atom stereocenters. The van der Waals surface area contributed by atoms with Gasteiger partial charge in [-0.25, -0.2) is 0 Å². The van der Waals surface area contributed by atoms with Crippen molar-refractivity contribution < 1.29 is 29.0 Å². The lowest BCUT2D eigenvalue weighted by molar-refractivity contribution is -0.154. The highest BCUT2D eigenvalue weighted by Crippen LogP contribution is 2.38. The minimum Gasteiger partial charge on any atom is -0.460 e. The van der Waals surface area contributed by atoms with Gasteiger partial charge in [-0.15, -0.1) is 11.8 Å². The molecule has 1 aromatic rings. The summed E-state index contributed by atoms with van der Waals surface area (Å²) in [5.74, 6) is -0.874. The fourth-order valence-electron chi connectivity index (χ4n) is 4.59. The van der Waals surface area contributed by atoms with E-state index in [4.69, 9.17) is 15.2 Å². The number of carbonyl (C=O) groups is 3.